The lowest BCUT2D eigenvalue weighted by Gasteiger charge is -2.18. The highest BCUT2D eigenvalue weighted by molar-refractivity contribution is 5.21. The number of nitrogens with zero attached hydrogens (tertiary/aromatic N) is 2. The molecule has 0 saturated heterocycles. The van der Waals surface area contributed by atoms with Gasteiger partial charge in [0.15, 0.2) is 0 Å². The third kappa shape index (κ3) is 2.62. The smallest absolute Gasteiger partial charge is 0.253 e. The van der Waals surface area contributed by atoms with Crippen molar-refractivity contribution in [3.8, 4) is 0 Å². The lowest BCUT2D eigenvalue weighted by molar-refractivity contribution is 0.464. The largest absolute Gasteiger partial charge is 0.311 e. The molecule has 1 N–H and O–H groups in total. The third-order valence-corrected chi connectivity index (χ3v) is 2.80. The quantitative estimate of drug-likeness (QED) is 0.887. The van der Waals surface area contributed by atoms with Crippen molar-refractivity contribution in [3.05, 3.63) is 64.6 Å². The van der Waals surface area contributed by atoms with E-state index in [-0.39, 0.29) is 17.4 Å². The topological polar surface area (TPSA) is 46.9 Å². The molecular formula is C13H14FN3O. The molecule has 0 aliphatic carbocycles. The second kappa shape index (κ2) is 5.55. The summed E-state index contributed by atoms with van der Waals surface area (Å²) in [6.07, 6.45) is 2.89. The molecule has 0 radical (unpaired) electrons. The zero-order valence-corrected chi connectivity index (χ0v) is 10.0. The molecule has 1 unspecified atom stereocenters. The molecule has 0 fully saturated rings. The first-order chi connectivity index (χ1) is 8.72. The summed E-state index contributed by atoms with van der Waals surface area (Å²) in [6, 6.07) is 7.64. The summed E-state index contributed by atoms with van der Waals surface area (Å²) in [5.41, 5.74) is 0.386. The number of nitrogens with one attached hydrogen (secondary N) is 1. The van der Waals surface area contributed by atoms with Crippen molar-refractivity contribution in [3.63, 3.8) is 0 Å². The van der Waals surface area contributed by atoms with Gasteiger partial charge in [0.25, 0.3) is 5.56 Å². The van der Waals surface area contributed by atoms with Crippen molar-refractivity contribution >= 4 is 0 Å². The second-order valence-electron chi connectivity index (χ2n) is 3.93. The fourth-order valence-corrected chi connectivity index (χ4v) is 1.82. The van der Waals surface area contributed by atoms with Gasteiger partial charge in [0.2, 0.25) is 0 Å². The van der Waals surface area contributed by atoms with Crippen LogP contribution in [0.3, 0.4) is 0 Å². The first kappa shape index (κ1) is 12.4. The van der Waals surface area contributed by atoms with E-state index in [1.807, 2.05) is 0 Å². The molecule has 1 atom stereocenters. The van der Waals surface area contributed by atoms with E-state index >= 15 is 0 Å². The van der Waals surface area contributed by atoms with Gasteiger partial charge < -0.3 is 5.32 Å². The van der Waals surface area contributed by atoms with Gasteiger partial charge >= 0.3 is 0 Å². The summed E-state index contributed by atoms with van der Waals surface area (Å²) in [7, 11) is 1.73. The Kier molecular flexibility index (Phi) is 3.84. The van der Waals surface area contributed by atoms with Crippen LogP contribution < -0.4 is 10.9 Å². The molecule has 0 aliphatic heterocycles. The summed E-state index contributed by atoms with van der Waals surface area (Å²) < 4.78 is 15.1. The molecule has 0 amide bonds. The molecule has 2 rings (SSSR count). The first-order valence-electron chi connectivity index (χ1n) is 5.64. The Morgan fingerprint density at radius 1 is 1.39 bits per heavy atom. The number of halogens is 1. The van der Waals surface area contributed by atoms with E-state index in [1.165, 1.54) is 29.2 Å². The molecule has 0 saturated carbocycles. The zero-order valence-electron chi connectivity index (χ0n) is 10.0. The van der Waals surface area contributed by atoms with Crippen LogP contribution in [-0.4, -0.2) is 16.6 Å². The normalized spacial score (nSPS) is 12.3. The molecule has 1 aromatic carbocycles. The van der Waals surface area contributed by atoms with Crippen LogP contribution >= 0.6 is 0 Å². The minimum absolute atomic E-state index is 0.151. The maximum atomic E-state index is 13.7. The summed E-state index contributed by atoms with van der Waals surface area (Å²) in [6.45, 7) is 0.337. The Hall–Kier alpha value is -2.01. The van der Waals surface area contributed by atoms with Gasteiger partial charge in [-0.1, -0.05) is 18.2 Å². The van der Waals surface area contributed by atoms with Crippen molar-refractivity contribution in [1.82, 2.24) is 14.9 Å². The predicted octanol–water partition coefficient (Wildman–Crippen LogP) is 1.34. The van der Waals surface area contributed by atoms with Gasteiger partial charge in [0.05, 0.1) is 12.4 Å². The van der Waals surface area contributed by atoms with Crippen LogP contribution in [0.5, 0.6) is 0 Å². The van der Waals surface area contributed by atoms with E-state index in [9.17, 15) is 9.18 Å². The molecule has 0 bridgehead atoms. The molecule has 2 aromatic rings. The van der Waals surface area contributed by atoms with Crippen molar-refractivity contribution < 1.29 is 4.39 Å². The Bertz CT molecular complexity index is 582. The molecule has 0 spiro atoms. The van der Waals surface area contributed by atoms with Crippen LogP contribution in [0.15, 0.2) is 47.7 Å². The average molecular weight is 247 g/mol. The van der Waals surface area contributed by atoms with Crippen LogP contribution in [0, 0.1) is 5.82 Å². The molecule has 1 heterocycles. The second-order valence-corrected chi connectivity index (χ2v) is 3.93. The van der Waals surface area contributed by atoms with Gasteiger partial charge in [0.1, 0.15) is 5.82 Å². The summed E-state index contributed by atoms with van der Waals surface area (Å²) >= 11 is 0. The Morgan fingerprint density at radius 3 is 2.83 bits per heavy atom. The summed E-state index contributed by atoms with van der Waals surface area (Å²) in [4.78, 5) is 15.5. The number of likely N-dealkylation sites (N-methyl/N-ethyl adjacent to an activating group) is 1. The summed E-state index contributed by atoms with van der Waals surface area (Å²) in [5.74, 6) is -0.284. The van der Waals surface area contributed by atoms with Gasteiger partial charge in [0, 0.05) is 24.4 Å². The maximum absolute atomic E-state index is 13.7. The van der Waals surface area contributed by atoms with E-state index < -0.39 is 0 Å². The van der Waals surface area contributed by atoms with E-state index in [2.05, 4.69) is 10.3 Å². The molecule has 4 nitrogen and oxygen atoms in total. The van der Waals surface area contributed by atoms with Crippen LogP contribution in [0.25, 0.3) is 0 Å². The standard InChI is InChI=1S/C13H14FN3O/c1-15-12(10-4-2-3-5-11(10)14)8-17-9-16-7-6-13(17)18/h2-7,9,12,15H,8H2,1H3. The fraction of sp³-hybridized carbons (Fsp3) is 0.231. The third-order valence-electron chi connectivity index (χ3n) is 2.80. The molecule has 0 aliphatic rings. The number of hydrogen-bond acceptors (Lipinski definition) is 3. The van der Waals surface area contributed by atoms with Gasteiger partial charge in [-0.15, -0.1) is 0 Å². The monoisotopic (exact) mass is 247 g/mol. The van der Waals surface area contributed by atoms with E-state index in [0.717, 1.165) is 0 Å². The minimum atomic E-state index is -0.284. The van der Waals surface area contributed by atoms with Crippen LogP contribution in [0.1, 0.15) is 11.6 Å². The van der Waals surface area contributed by atoms with Crippen molar-refractivity contribution in [1.29, 1.82) is 0 Å². The summed E-state index contributed by atoms with van der Waals surface area (Å²) in [5, 5.41) is 3.01. The lowest BCUT2D eigenvalue weighted by atomic mass is 10.1. The highest BCUT2D eigenvalue weighted by atomic mass is 19.1. The lowest BCUT2D eigenvalue weighted by Crippen LogP contribution is -2.28. The molecule has 18 heavy (non-hydrogen) atoms. The zero-order chi connectivity index (χ0) is 13.0. The van der Waals surface area contributed by atoms with E-state index in [4.69, 9.17) is 0 Å². The van der Waals surface area contributed by atoms with Gasteiger partial charge in [-0.3, -0.25) is 9.36 Å². The maximum Gasteiger partial charge on any atom is 0.253 e. The van der Waals surface area contributed by atoms with Crippen LogP contribution in [-0.2, 0) is 6.54 Å². The first-order valence-corrected chi connectivity index (χ1v) is 5.64. The van der Waals surface area contributed by atoms with Crippen LogP contribution in [0.4, 0.5) is 4.39 Å². The number of aromatic nitrogens is 2. The highest BCUT2D eigenvalue weighted by Crippen LogP contribution is 2.17. The Labute approximate surface area is 104 Å². The van der Waals surface area contributed by atoms with Gasteiger partial charge in [-0.05, 0) is 13.1 Å². The average Bonchev–Trinajstić information content (AvgIpc) is 2.39. The van der Waals surface area contributed by atoms with Crippen molar-refractivity contribution in [2.24, 2.45) is 0 Å². The molecule has 94 valence electrons. The predicted molar refractivity (Wildman–Crippen MR) is 66.7 cm³/mol. The molecular weight excluding hydrogens is 233 g/mol. The number of benzene rings is 1. The molecule has 5 heteroatoms. The van der Waals surface area contributed by atoms with E-state index in [0.29, 0.717) is 12.1 Å². The van der Waals surface area contributed by atoms with E-state index in [1.54, 1.807) is 25.2 Å². The number of rotatable bonds is 4. The Balaban J connectivity index is 2.29. The molecule has 1 aromatic heterocycles. The van der Waals surface area contributed by atoms with Gasteiger partial charge in [-0.2, -0.15) is 0 Å². The number of hydrogen-bond donors (Lipinski definition) is 1. The van der Waals surface area contributed by atoms with Gasteiger partial charge in [-0.25, -0.2) is 9.37 Å². The Morgan fingerprint density at radius 2 is 2.17 bits per heavy atom. The van der Waals surface area contributed by atoms with Crippen molar-refractivity contribution in [2.75, 3.05) is 7.05 Å². The van der Waals surface area contributed by atoms with Crippen LogP contribution in [0.2, 0.25) is 0 Å². The fourth-order valence-electron chi connectivity index (χ4n) is 1.82. The van der Waals surface area contributed by atoms with Crippen molar-refractivity contribution in [2.45, 2.75) is 12.6 Å². The minimum Gasteiger partial charge on any atom is -0.311 e. The SMILES string of the molecule is CNC(Cn1cnccc1=O)c1ccccc1F. The highest BCUT2D eigenvalue weighted by Gasteiger charge is 2.14.